The lowest BCUT2D eigenvalue weighted by molar-refractivity contribution is 0.0705. The number of hydrogen-bond acceptors (Lipinski definition) is 7. The average Bonchev–Trinajstić information content (AvgIpc) is 2.69. The van der Waals surface area contributed by atoms with Crippen molar-refractivity contribution in [2.24, 2.45) is 0 Å². The van der Waals surface area contributed by atoms with E-state index in [-0.39, 0.29) is 35.5 Å². The first-order valence-corrected chi connectivity index (χ1v) is 9.93. The molecular weight excluding hydrogens is 382 g/mol. The molecule has 1 aliphatic rings. The molecule has 144 valence electrons. The quantitative estimate of drug-likeness (QED) is 0.435. The molecule has 28 heavy (non-hydrogen) atoms. The van der Waals surface area contributed by atoms with E-state index in [1.807, 2.05) is 24.3 Å². The van der Waals surface area contributed by atoms with Crippen LogP contribution in [0.15, 0.2) is 59.8 Å². The van der Waals surface area contributed by atoms with Crippen molar-refractivity contribution in [3.8, 4) is 0 Å². The molecule has 4 rings (SSSR count). The summed E-state index contributed by atoms with van der Waals surface area (Å²) in [7, 11) is -3.57. The molecule has 2 aromatic carbocycles. The number of fused-ring (bicyclic) bond motifs is 1. The third-order valence-corrected chi connectivity index (χ3v) is 6.38. The van der Waals surface area contributed by atoms with E-state index in [1.165, 1.54) is 22.2 Å². The summed E-state index contributed by atoms with van der Waals surface area (Å²) in [5, 5.41) is 13.5. The van der Waals surface area contributed by atoms with Gasteiger partial charge in [0.25, 0.3) is 5.91 Å². The van der Waals surface area contributed by atoms with Gasteiger partial charge in [-0.1, -0.05) is 30.3 Å². The SMILES string of the molecule is O=C(NO)c1cnc(NC2CN(S(=O)(=O)c3ccc4ccccc4c3)C2)nc1. The summed E-state index contributed by atoms with van der Waals surface area (Å²) in [4.78, 5) is 19.5. The molecule has 0 bridgehead atoms. The highest BCUT2D eigenvalue weighted by Gasteiger charge is 2.37. The predicted molar refractivity (Wildman–Crippen MR) is 101 cm³/mol. The van der Waals surface area contributed by atoms with Gasteiger partial charge in [0.2, 0.25) is 16.0 Å². The number of carbonyl (C=O) groups is 1. The van der Waals surface area contributed by atoms with Crippen molar-refractivity contribution in [3.63, 3.8) is 0 Å². The number of benzene rings is 2. The number of nitrogens with zero attached hydrogens (tertiary/aromatic N) is 3. The molecule has 1 saturated heterocycles. The topological polar surface area (TPSA) is 125 Å². The number of sulfonamides is 1. The molecule has 1 fully saturated rings. The van der Waals surface area contributed by atoms with Crippen LogP contribution in [0.25, 0.3) is 10.8 Å². The molecule has 0 atom stereocenters. The molecule has 0 spiro atoms. The number of aromatic nitrogens is 2. The molecular formula is C18H17N5O4S. The number of carbonyl (C=O) groups excluding carboxylic acids is 1. The van der Waals surface area contributed by atoms with Gasteiger partial charge in [-0.15, -0.1) is 0 Å². The molecule has 10 heteroatoms. The number of amides is 1. The maximum Gasteiger partial charge on any atom is 0.277 e. The lowest BCUT2D eigenvalue weighted by Crippen LogP contribution is -2.56. The van der Waals surface area contributed by atoms with E-state index in [4.69, 9.17) is 5.21 Å². The van der Waals surface area contributed by atoms with Crippen LogP contribution in [0.4, 0.5) is 5.95 Å². The van der Waals surface area contributed by atoms with Crippen LogP contribution in [0.3, 0.4) is 0 Å². The van der Waals surface area contributed by atoms with Crippen molar-refractivity contribution in [3.05, 3.63) is 60.4 Å². The van der Waals surface area contributed by atoms with Crippen molar-refractivity contribution < 1.29 is 18.4 Å². The number of anilines is 1. The largest absolute Gasteiger partial charge is 0.349 e. The van der Waals surface area contributed by atoms with Gasteiger partial charge in [0, 0.05) is 25.5 Å². The van der Waals surface area contributed by atoms with Crippen LogP contribution in [0.1, 0.15) is 10.4 Å². The van der Waals surface area contributed by atoms with Gasteiger partial charge in [0.1, 0.15) is 0 Å². The molecule has 3 aromatic rings. The van der Waals surface area contributed by atoms with Gasteiger partial charge in [-0.25, -0.2) is 23.9 Å². The molecule has 0 aliphatic carbocycles. The lowest BCUT2D eigenvalue weighted by Gasteiger charge is -2.38. The minimum atomic E-state index is -3.57. The minimum Gasteiger partial charge on any atom is -0.349 e. The first-order valence-electron chi connectivity index (χ1n) is 8.49. The minimum absolute atomic E-state index is 0.113. The van der Waals surface area contributed by atoms with Crippen LogP contribution in [0.2, 0.25) is 0 Å². The fourth-order valence-corrected chi connectivity index (χ4v) is 4.54. The summed E-state index contributed by atoms with van der Waals surface area (Å²) in [6, 6.07) is 12.6. The van der Waals surface area contributed by atoms with E-state index >= 15 is 0 Å². The Morgan fingerprint density at radius 2 is 1.75 bits per heavy atom. The molecule has 9 nitrogen and oxygen atoms in total. The first-order chi connectivity index (χ1) is 13.5. The smallest absolute Gasteiger partial charge is 0.277 e. The van der Waals surface area contributed by atoms with E-state index in [2.05, 4.69) is 15.3 Å². The third kappa shape index (κ3) is 3.40. The van der Waals surface area contributed by atoms with Crippen molar-refractivity contribution in [2.45, 2.75) is 10.9 Å². The fraction of sp³-hybridized carbons (Fsp3) is 0.167. The lowest BCUT2D eigenvalue weighted by atomic mass is 10.1. The summed E-state index contributed by atoms with van der Waals surface area (Å²) in [5.41, 5.74) is 1.61. The predicted octanol–water partition coefficient (Wildman–Crippen LogP) is 1.23. The second kappa shape index (κ2) is 7.15. The Kier molecular flexibility index (Phi) is 4.67. The molecule has 1 aromatic heterocycles. The second-order valence-electron chi connectivity index (χ2n) is 6.41. The molecule has 0 unspecified atom stereocenters. The molecule has 2 heterocycles. The highest BCUT2D eigenvalue weighted by molar-refractivity contribution is 7.89. The van der Waals surface area contributed by atoms with Crippen LogP contribution < -0.4 is 10.8 Å². The summed E-state index contributed by atoms with van der Waals surface area (Å²) in [6.45, 7) is 0.578. The second-order valence-corrected chi connectivity index (χ2v) is 8.35. The fourth-order valence-electron chi connectivity index (χ4n) is 2.97. The zero-order chi connectivity index (χ0) is 19.7. The van der Waals surface area contributed by atoms with Crippen LogP contribution in [-0.4, -0.2) is 52.9 Å². The molecule has 3 N–H and O–H groups in total. The summed E-state index contributed by atoms with van der Waals surface area (Å²) in [5.74, 6) is -0.426. The van der Waals surface area contributed by atoms with Gasteiger partial charge in [0.15, 0.2) is 0 Å². The molecule has 1 amide bonds. The highest BCUT2D eigenvalue weighted by atomic mass is 32.2. The highest BCUT2D eigenvalue weighted by Crippen LogP contribution is 2.25. The van der Waals surface area contributed by atoms with E-state index in [9.17, 15) is 13.2 Å². The van der Waals surface area contributed by atoms with Gasteiger partial charge >= 0.3 is 0 Å². The Balaban J connectivity index is 1.41. The Hall–Kier alpha value is -3.08. The van der Waals surface area contributed by atoms with Crippen molar-refractivity contribution in [1.82, 2.24) is 19.8 Å². The van der Waals surface area contributed by atoms with Crippen LogP contribution in [0, 0.1) is 0 Å². The van der Waals surface area contributed by atoms with Gasteiger partial charge in [-0.3, -0.25) is 10.0 Å². The van der Waals surface area contributed by atoms with Crippen LogP contribution in [-0.2, 0) is 10.0 Å². The Morgan fingerprint density at radius 1 is 1.07 bits per heavy atom. The maximum absolute atomic E-state index is 12.8. The van der Waals surface area contributed by atoms with Gasteiger partial charge < -0.3 is 5.32 Å². The standard InChI is InChI=1S/C18H17N5O4S/c24-17(22-25)14-8-19-18(20-9-14)21-15-10-23(11-15)28(26,27)16-6-5-12-3-1-2-4-13(12)7-16/h1-9,15,25H,10-11H2,(H,22,24)(H,19,20,21). The van der Waals surface area contributed by atoms with Gasteiger partial charge in [0.05, 0.1) is 16.5 Å². The number of nitrogens with one attached hydrogen (secondary N) is 2. The Morgan fingerprint density at radius 3 is 2.43 bits per heavy atom. The number of hydrogen-bond donors (Lipinski definition) is 3. The molecule has 1 aliphatic heterocycles. The third-order valence-electron chi connectivity index (χ3n) is 4.56. The normalized spacial score (nSPS) is 15.2. The maximum atomic E-state index is 12.8. The van der Waals surface area contributed by atoms with E-state index in [1.54, 1.807) is 18.2 Å². The first kappa shape index (κ1) is 18.3. The van der Waals surface area contributed by atoms with Gasteiger partial charge in [-0.05, 0) is 22.9 Å². The van der Waals surface area contributed by atoms with E-state index in [0.717, 1.165) is 10.8 Å². The summed E-state index contributed by atoms with van der Waals surface area (Å²) < 4.78 is 27.0. The zero-order valence-electron chi connectivity index (χ0n) is 14.6. The monoisotopic (exact) mass is 399 g/mol. The van der Waals surface area contributed by atoms with Crippen LogP contribution in [0.5, 0.6) is 0 Å². The average molecular weight is 399 g/mol. The number of hydroxylamine groups is 1. The van der Waals surface area contributed by atoms with Gasteiger partial charge in [-0.2, -0.15) is 4.31 Å². The van der Waals surface area contributed by atoms with Crippen molar-refractivity contribution in [2.75, 3.05) is 18.4 Å². The van der Waals surface area contributed by atoms with Crippen molar-refractivity contribution >= 4 is 32.7 Å². The van der Waals surface area contributed by atoms with E-state index < -0.39 is 15.9 Å². The Labute approximate surface area is 161 Å². The zero-order valence-corrected chi connectivity index (χ0v) is 15.4. The van der Waals surface area contributed by atoms with Crippen LogP contribution >= 0.6 is 0 Å². The number of rotatable bonds is 5. The van der Waals surface area contributed by atoms with E-state index in [0.29, 0.717) is 0 Å². The molecule has 0 radical (unpaired) electrons. The summed E-state index contributed by atoms with van der Waals surface area (Å²) in [6.07, 6.45) is 2.53. The Bertz CT molecular complexity index is 1130. The summed E-state index contributed by atoms with van der Waals surface area (Å²) >= 11 is 0. The molecule has 0 saturated carbocycles. The van der Waals surface area contributed by atoms with Crippen molar-refractivity contribution in [1.29, 1.82) is 0 Å².